The van der Waals surface area contributed by atoms with Crippen molar-refractivity contribution in [2.45, 2.75) is 6.54 Å². The first kappa shape index (κ1) is 11.5. The average Bonchev–Trinajstić information content (AvgIpc) is 2.80. The third kappa shape index (κ3) is 2.57. The molecule has 0 saturated carbocycles. The van der Waals surface area contributed by atoms with Crippen LogP contribution >= 0.6 is 11.3 Å². The van der Waals surface area contributed by atoms with Gasteiger partial charge < -0.3 is 16.8 Å². The molecule has 0 spiro atoms. The minimum atomic E-state index is -0.481. The number of nitrogen functional groups attached to an aromatic ring is 1. The minimum Gasteiger partial charge on any atom is -0.397 e. The zero-order valence-electron chi connectivity index (χ0n) is 9.14. The number of hydrogen-bond donors (Lipinski definition) is 3. The van der Waals surface area contributed by atoms with Crippen LogP contribution in [0.25, 0.3) is 0 Å². The lowest BCUT2D eigenvalue weighted by Gasteiger charge is -2.11. The van der Waals surface area contributed by atoms with Gasteiger partial charge >= 0.3 is 0 Å². The Morgan fingerprint density at radius 1 is 1.35 bits per heavy atom. The second-order valence-electron chi connectivity index (χ2n) is 3.62. The number of carbonyl (C=O) groups excluding carboxylic acids is 1. The smallest absolute Gasteiger partial charge is 0.250 e. The molecule has 0 saturated heterocycles. The van der Waals surface area contributed by atoms with Crippen LogP contribution in [0, 0.1) is 0 Å². The third-order valence-electron chi connectivity index (χ3n) is 2.41. The summed E-state index contributed by atoms with van der Waals surface area (Å²) in [6, 6.07) is 7.13. The summed E-state index contributed by atoms with van der Waals surface area (Å²) in [6.45, 7) is 0.623. The highest BCUT2D eigenvalue weighted by Crippen LogP contribution is 2.24. The molecule has 0 aliphatic carbocycles. The quantitative estimate of drug-likeness (QED) is 0.723. The molecular formula is C12H13N3OS. The highest BCUT2D eigenvalue weighted by atomic mass is 32.1. The Bertz CT molecular complexity index is 523. The molecule has 0 aliphatic rings. The van der Waals surface area contributed by atoms with Crippen molar-refractivity contribution in [3.63, 3.8) is 0 Å². The standard InChI is InChI=1S/C12H13N3OS/c13-10-3-1-2-9(12(14)16)11(10)15-6-8-4-5-17-7-8/h1-5,7,15H,6,13H2,(H2,14,16). The van der Waals surface area contributed by atoms with Gasteiger partial charge in [-0.3, -0.25) is 4.79 Å². The minimum absolute atomic E-state index is 0.417. The predicted molar refractivity (Wildman–Crippen MR) is 71.0 cm³/mol. The molecule has 0 radical (unpaired) electrons. The summed E-state index contributed by atoms with van der Waals surface area (Å²) < 4.78 is 0. The number of para-hydroxylation sites is 1. The molecule has 0 unspecified atom stereocenters. The van der Waals surface area contributed by atoms with Crippen LogP contribution in [-0.4, -0.2) is 5.91 Å². The van der Waals surface area contributed by atoms with Gasteiger partial charge in [0.25, 0.3) is 5.91 Å². The second-order valence-corrected chi connectivity index (χ2v) is 4.40. The van der Waals surface area contributed by atoms with E-state index < -0.39 is 5.91 Å². The topological polar surface area (TPSA) is 81.1 Å². The first-order valence-corrected chi connectivity index (χ1v) is 6.06. The molecule has 5 heteroatoms. The maximum atomic E-state index is 11.3. The zero-order valence-corrected chi connectivity index (χ0v) is 9.96. The second kappa shape index (κ2) is 4.88. The molecule has 2 rings (SSSR count). The number of amides is 1. The number of carbonyl (C=O) groups is 1. The molecule has 17 heavy (non-hydrogen) atoms. The Kier molecular flexibility index (Phi) is 3.30. The van der Waals surface area contributed by atoms with E-state index in [4.69, 9.17) is 11.5 Å². The molecule has 0 aliphatic heterocycles. The van der Waals surface area contributed by atoms with E-state index in [1.165, 1.54) is 0 Å². The predicted octanol–water partition coefficient (Wildman–Crippen LogP) is 2.04. The number of thiophene rings is 1. The Labute approximate surface area is 103 Å². The normalized spacial score (nSPS) is 10.1. The van der Waals surface area contributed by atoms with E-state index in [2.05, 4.69) is 5.32 Å². The molecule has 1 amide bonds. The summed E-state index contributed by atoms with van der Waals surface area (Å²) in [5, 5.41) is 7.18. The summed E-state index contributed by atoms with van der Waals surface area (Å²) in [7, 11) is 0. The molecule has 2 aromatic rings. The van der Waals surface area contributed by atoms with Crippen LogP contribution in [0.1, 0.15) is 15.9 Å². The van der Waals surface area contributed by atoms with Gasteiger partial charge in [0.1, 0.15) is 0 Å². The fourth-order valence-electron chi connectivity index (χ4n) is 1.56. The van der Waals surface area contributed by atoms with Gasteiger partial charge in [-0.15, -0.1) is 0 Å². The van der Waals surface area contributed by atoms with Crippen molar-refractivity contribution in [3.05, 3.63) is 46.2 Å². The SMILES string of the molecule is NC(=O)c1cccc(N)c1NCc1ccsc1. The molecule has 5 N–H and O–H groups in total. The highest BCUT2D eigenvalue weighted by molar-refractivity contribution is 7.07. The lowest BCUT2D eigenvalue weighted by molar-refractivity contribution is 0.100. The number of benzene rings is 1. The van der Waals surface area contributed by atoms with Crippen LogP contribution < -0.4 is 16.8 Å². The van der Waals surface area contributed by atoms with Gasteiger partial charge in [0.2, 0.25) is 0 Å². The van der Waals surface area contributed by atoms with Crippen LogP contribution in [-0.2, 0) is 6.54 Å². The summed E-state index contributed by atoms with van der Waals surface area (Å²) in [5.41, 5.74) is 13.8. The van der Waals surface area contributed by atoms with Crippen LogP contribution in [0.2, 0.25) is 0 Å². The number of nitrogens with one attached hydrogen (secondary N) is 1. The zero-order chi connectivity index (χ0) is 12.3. The number of primary amides is 1. The Morgan fingerprint density at radius 3 is 2.82 bits per heavy atom. The summed E-state index contributed by atoms with van der Waals surface area (Å²) >= 11 is 1.63. The van der Waals surface area contributed by atoms with E-state index in [9.17, 15) is 4.79 Å². The first-order valence-electron chi connectivity index (χ1n) is 5.11. The van der Waals surface area contributed by atoms with Crippen molar-refractivity contribution in [1.29, 1.82) is 0 Å². The molecule has 4 nitrogen and oxygen atoms in total. The molecular weight excluding hydrogens is 234 g/mol. The largest absolute Gasteiger partial charge is 0.397 e. The lowest BCUT2D eigenvalue weighted by atomic mass is 10.1. The van der Waals surface area contributed by atoms with Gasteiger partial charge in [0, 0.05) is 6.54 Å². The number of anilines is 2. The van der Waals surface area contributed by atoms with Gasteiger partial charge in [-0.25, -0.2) is 0 Å². The fourth-order valence-corrected chi connectivity index (χ4v) is 2.23. The van der Waals surface area contributed by atoms with Crippen molar-refractivity contribution in [1.82, 2.24) is 0 Å². The van der Waals surface area contributed by atoms with Crippen molar-refractivity contribution in [2.24, 2.45) is 5.73 Å². The molecule has 88 valence electrons. The molecule has 1 aromatic heterocycles. The van der Waals surface area contributed by atoms with E-state index in [1.807, 2.05) is 16.8 Å². The Hall–Kier alpha value is -2.01. The summed E-state index contributed by atoms with van der Waals surface area (Å²) in [6.07, 6.45) is 0. The fraction of sp³-hybridized carbons (Fsp3) is 0.0833. The van der Waals surface area contributed by atoms with E-state index in [0.717, 1.165) is 5.56 Å². The third-order valence-corrected chi connectivity index (χ3v) is 3.14. The van der Waals surface area contributed by atoms with Crippen LogP contribution in [0.15, 0.2) is 35.0 Å². The lowest BCUT2D eigenvalue weighted by Crippen LogP contribution is -2.15. The molecule has 0 bridgehead atoms. The maximum absolute atomic E-state index is 11.3. The van der Waals surface area contributed by atoms with Gasteiger partial charge in [0.05, 0.1) is 16.9 Å². The Balaban J connectivity index is 2.22. The van der Waals surface area contributed by atoms with Crippen LogP contribution in [0.4, 0.5) is 11.4 Å². The van der Waals surface area contributed by atoms with Crippen molar-refractivity contribution in [3.8, 4) is 0 Å². The van der Waals surface area contributed by atoms with Crippen molar-refractivity contribution < 1.29 is 4.79 Å². The van der Waals surface area contributed by atoms with E-state index >= 15 is 0 Å². The van der Waals surface area contributed by atoms with E-state index in [1.54, 1.807) is 29.5 Å². The average molecular weight is 247 g/mol. The van der Waals surface area contributed by atoms with Gasteiger partial charge in [-0.05, 0) is 34.5 Å². The van der Waals surface area contributed by atoms with E-state index in [0.29, 0.717) is 23.5 Å². The van der Waals surface area contributed by atoms with Gasteiger partial charge in [-0.1, -0.05) is 6.07 Å². The van der Waals surface area contributed by atoms with Crippen LogP contribution in [0.5, 0.6) is 0 Å². The molecule has 0 fully saturated rings. The molecule has 1 heterocycles. The first-order chi connectivity index (χ1) is 8.18. The summed E-state index contributed by atoms with van der Waals surface area (Å²) in [5.74, 6) is -0.481. The van der Waals surface area contributed by atoms with E-state index in [-0.39, 0.29) is 0 Å². The van der Waals surface area contributed by atoms with Crippen LogP contribution in [0.3, 0.4) is 0 Å². The van der Waals surface area contributed by atoms with Gasteiger partial charge in [-0.2, -0.15) is 11.3 Å². The monoisotopic (exact) mass is 247 g/mol. The van der Waals surface area contributed by atoms with Crippen molar-refractivity contribution >= 4 is 28.6 Å². The van der Waals surface area contributed by atoms with Gasteiger partial charge in [0.15, 0.2) is 0 Å². The van der Waals surface area contributed by atoms with Crippen molar-refractivity contribution in [2.75, 3.05) is 11.1 Å². The molecule has 0 atom stereocenters. The molecule has 1 aromatic carbocycles. The highest BCUT2D eigenvalue weighted by Gasteiger charge is 2.10. The number of nitrogens with two attached hydrogens (primary N) is 2. The Morgan fingerprint density at radius 2 is 2.18 bits per heavy atom. The maximum Gasteiger partial charge on any atom is 0.250 e. The number of hydrogen-bond acceptors (Lipinski definition) is 4. The number of rotatable bonds is 4. The summed E-state index contributed by atoms with van der Waals surface area (Å²) in [4.78, 5) is 11.3.